The predicted molar refractivity (Wildman–Crippen MR) is 78.4 cm³/mol. The van der Waals surface area contributed by atoms with Gasteiger partial charge in [-0.05, 0) is 12.0 Å². The first-order chi connectivity index (χ1) is 10.2. The van der Waals surface area contributed by atoms with Crippen LogP contribution in [-0.4, -0.2) is 38.4 Å². The number of aliphatic hydroxyl groups is 1. The van der Waals surface area contributed by atoms with E-state index in [1.807, 2.05) is 30.3 Å². The molecule has 2 N–H and O–H groups in total. The number of hydrogen-bond donors (Lipinski definition) is 2. The molecule has 1 atom stereocenters. The Morgan fingerprint density at radius 3 is 2.86 bits per heavy atom. The summed E-state index contributed by atoms with van der Waals surface area (Å²) in [6.07, 6.45) is 4.19. The lowest BCUT2D eigenvalue weighted by Crippen LogP contribution is -2.33. The highest BCUT2D eigenvalue weighted by atomic mass is 16.3. The molecule has 0 fully saturated rings. The first-order valence-electron chi connectivity index (χ1n) is 7.05. The van der Waals surface area contributed by atoms with Crippen molar-refractivity contribution >= 4 is 5.91 Å². The second-order valence-electron chi connectivity index (χ2n) is 4.91. The molecule has 0 bridgehead atoms. The maximum absolute atomic E-state index is 11.7. The number of rotatable bonds is 8. The van der Waals surface area contributed by atoms with E-state index in [0.29, 0.717) is 25.8 Å². The van der Waals surface area contributed by atoms with E-state index in [9.17, 15) is 9.90 Å². The van der Waals surface area contributed by atoms with E-state index in [-0.39, 0.29) is 12.5 Å². The summed E-state index contributed by atoms with van der Waals surface area (Å²) in [6.45, 7) is 0.942. The van der Waals surface area contributed by atoms with Gasteiger partial charge in [0, 0.05) is 25.9 Å². The minimum absolute atomic E-state index is 0.0535. The molecule has 1 aromatic carbocycles. The van der Waals surface area contributed by atoms with Crippen molar-refractivity contribution in [3.8, 4) is 0 Å². The second-order valence-corrected chi connectivity index (χ2v) is 4.91. The normalized spacial score (nSPS) is 12.0. The Hall–Kier alpha value is -2.21. The molecule has 6 nitrogen and oxygen atoms in total. The molecule has 1 heterocycles. The lowest BCUT2D eigenvalue weighted by atomic mass is 10.1. The monoisotopic (exact) mass is 288 g/mol. The van der Waals surface area contributed by atoms with Crippen molar-refractivity contribution in [2.24, 2.45) is 0 Å². The third-order valence-electron chi connectivity index (χ3n) is 3.11. The third kappa shape index (κ3) is 5.74. The topological polar surface area (TPSA) is 80.0 Å². The van der Waals surface area contributed by atoms with Crippen LogP contribution in [0.5, 0.6) is 0 Å². The van der Waals surface area contributed by atoms with E-state index in [1.54, 1.807) is 11.0 Å². The molecule has 0 aliphatic rings. The van der Waals surface area contributed by atoms with Gasteiger partial charge in [-0.2, -0.15) is 5.10 Å². The number of benzene rings is 1. The summed E-state index contributed by atoms with van der Waals surface area (Å²) in [4.78, 5) is 15.5. The van der Waals surface area contributed by atoms with E-state index in [0.717, 1.165) is 5.56 Å². The van der Waals surface area contributed by atoms with Crippen molar-refractivity contribution in [1.82, 2.24) is 20.1 Å². The van der Waals surface area contributed by atoms with Gasteiger partial charge < -0.3 is 10.4 Å². The van der Waals surface area contributed by atoms with Crippen molar-refractivity contribution in [2.45, 2.75) is 31.9 Å². The van der Waals surface area contributed by atoms with Crippen LogP contribution in [0.15, 0.2) is 43.0 Å². The van der Waals surface area contributed by atoms with Crippen LogP contribution < -0.4 is 5.32 Å². The highest BCUT2D eigenvalue weighted by molar-refractivity contribution is 5.75. The standard InChI is InChI=1S/C15H20N4O2/c20-14(9-13-5-2-1-3-6-13)10-17-15(21)7-4-8-19-12-16-11-18-19/h1-3,5-6,11-12,14,20H,4,7-10H2,(H,17,21). The zero-order valence-electron chi connectivity index (χ0n) is 11.9. The minimum Gasteiger partial charge on any atom is -0.391 e. The van der Waals surface area contributed by atoms with Gasteiger partial charge in [0.1, 0.15) is 12.7 Å². The number of nitrogens with one attached hydrogen (secondary N) is 1. The number of amides is 1. The molecule has 0 aliphatic carbocycles. The molecule has 21 heavy (non-hydrogen) atoms. The number of nitrogens with zero attached hydrogens (tertiary/aromatic N) is 3. The van der Waals surface area contributed by atoms with Gasteiger partial charge in [0.05, 0.1) is 6.10 Å². The van der Waals surface area contributed by atoms with Gasteiger partial charge in [-0.3, -0.25) is 9.48 Å². The van der Waals surface area contributed by atoms with Gasteiger partial charge in [-0.1, -0.05) is 30.3 Å². The summed E-state index contributed by atoms with van der Waals surface area (Å²) >= 11 is 0. The zero-order valence-corrected chi connectivity index (χ0v) is 11.9. The number of aryl methyl sites for hydroxylation is 1. The van der Waals surface area contributed by atoms with Crippen LogP contribution in [0.1, 0.15) is 18.4 Å². The lowest BCUT2D eigenvalue weighted by Gasteiger charge is -2.12. The van der Waals surface area contributed by atoms with Crippen molar-refractivity contribution in [2.75, 3.05) is 6.54 Å². The Kier molecular flexibility index (Phi) is 5.90. The lowest BCUT2D eigenvalue weighted by molar-refractivity contribution is -0.121. The van der Waals surface area contributed by atoms with E-state index < -0.39 is 6.10 Å². The SMILES string of the molecule is O=C(CCCn1cncn1)NCC(O)Cc1ccccc1. The molecule has 0 saturated heterocycles. The van der Waals surface area contributed by atoms with Crippen molar-refractivity contribution in [3.63, 3.8) is 0 Å². The molecule has 0 saturated carbocycles. The Morgan fingerprint density at radius 2 is 2.14 bits per heavy atom. The van der Waals surface area contributed by atoms with Crippen LogP contribution in [0.4, 0.5) is 0 Å². The first-order valence-corrected chi connectivity index (χ1v) is 7.05. The number of hydrogen-bond acceptors (Lipinski definition) is 4. The molecule has 0 spiro atoms. The Labute approximate surface area is 123 Å². The van der Waals surface area contributed by atoms with Crippen LogP contribution in [0.3, 0.4) is 0 Å². The minimum atomic E-state index is -0.563. The number of carbonyl (C=O) groups excluding carboxylic acids is 1. The second kappa shape index (κ2) is 8.16. The molecule has 1 unspecified atom stereocenters. The molecule has 2 rings (SSSR count). The number of carbonyl (C=O) groups is 1. The summed E-state index contributed by atoms with van der Waals surface area (Å²) in [6, 6.07) is 9.73. The van der Waals surface area contributed by atoms with Gasteiger partial charge in [0.25, 0.3) is 0 Å². The van der Waals surface area contributed by atoms with Crippen LogP contribution in [-0.2, 0) is 17.8 Å². The molecular weight excluding hydrogens is 268 g/mol. The molecule has 6 heteroatoms. The maximum Gasteiger partial charge on any atom is 0.220 e. The summed E-state index contributed by atoms with van der Waals surface area (Å²) < 4.78 is 1.69. The summed E-state index contributed by atoms with van der Waals surface area (Å²) in [5.74, 6) is -0.0535. The molecular formula is C15H20N4O2. The molecule has 2 aromatic rings. The molecule has 0 aliphatic heterocycles. The Morgan fingerprint density at radius 1 is 1.33 bits per heavy atom. The van der Waals surface area contributed by atoms with Crippen LogP contribution in [0.2, 0.25) is 0 Å². The van der Waals surface area contributed by atoms with Crippen molar-refractivity contribution in [3.05, 3.63) is 48.5 Å². The van der Waals surface area contributed by atoms with Gasteiger partial charge >= 0.3 is 0 Å². The Bertz CT molecular complexity index is 528. The largest absolute Gasteiger partial charge is 0.391 e. The summed E-state index contributed by atoms with van der Waals surface area (Å²) in [7, 11) is 0. The fraction of sp³-hybridized carbons (Fsp3) is 0.400. The maximum atomic E-state index is 11.7. The average Bonchev–Trinajstić information content (AvgIpc) is 2.99. The van der Waals surface area contributed by atoms with E-state index in [4.69, 9.17) is 0 Å². The summed E-state index contributed by atoms with van der Waals surface area (Å²) in [5.41, 5.74) is 1.06. The van der Waals surface area contributed by atoms with Gasteiger partial charge in [0.15, 0.2) is 0 Å². The van der Waals surface area contributed by atoms with Crippen LogP contribution >= 0.6 is 0 Å². The van der Waals surface area contributed by atoms with E-state index in [2.05, 4.69) is 15.4 Å². The van der Waals surface area contributed by atoms with E-state index in [1.165, 1.54) is 6.33 Å². The quantitative estimate of drug-likeness (QED) is 0.752. The fourth-order valence-electron chi connectivity index (χ4n) is 2.03. The van der Waals surface area contributed by atoms with Gasteiger partial charge in [-0.25, -0.2) is 4.98 Å². The zero-order chi connectivity index (χ0) is 14.9. The predicted octanol–water partition coefficient (Wildman–Crippen LogP) is 0.778. The first kappa shape index (κ1) is 15.2. The Balaban J connectivity index is 1.60. The van der Waals surface area contributed by atoms with Gasteiger partial charge in [-0.15, -0.1) is 0 Å². The van der Waals surface area contributed by atoms with Gasteiger partial charge in [0.2, 0.25) is 5.91 Å². The highest BCUT2D eigenvalue weighted by Crippen LogP contribution is 2.02. The highest BCUT2D eigenvalue weighted by Gasteiger charge is 2.08. The number of aromatic nitrogens is 3. The summed E-state index contributed by atoms with van der Waals surface area (Å²) in [5, 5.41) is 16.6. The van der Waals surface area contributed by atoms with E-state index >= 15 is 0 Å². The third-order valence-corrected chi connectivity index (χ3v) is 3.11. The molecule has 0 radical (unpaired) electrons. The van der Waals surface area contributed by atoms with Crippen molar-refractivity contribution in [1.29, 1.82) is 0 Å². The molecule has 112 valence electrons. The fourth-order valence-corrected chi connectivity index (χ4v) is 2.03. The average molecular weight is 288 g/mol. The van der Waals surface area contributed by atoms with Crippen LogP contribution in [0, 0.1) is 0 Å². The number of aliphatic hydroxyl groups excluding tert-OH is 1. The molecule has 1 amide bonds. The van der Waals surface area contributed by atoms with Crippen molar-refractivity contribution < 1.29 is 9.90 Å². The van der Waals surface area contributed by atoms with Crippen LogP contribution in [0.25, 0.3) is 0 Å². The molecule has 1 aromatic heterocycles. The smallest absolute Gasteiger partial charge is 0.220 e.